The Labute approximate surface area is 136 Å². The molecule has 0 aliphatic carbocycles. The lowest BCUT2D eigenvalue weighted by Gasteiger charge is -2.32. The highest BCUT2D eigenvalue weighted by Gasteiger charge is 2.26. The number of anilines is 2. The summed E-state index contributed by atoms with van der Waals surface area (Å²) in [5.74, 6) is 0.912. The first-order valence-corrected chi connectivity index (χ1v) is 8.02. The fourth-order valence-corrected chi connectivity index (χ4v) is 2.96. The van der Waals surface area contributed by atoms with E-state index < -0.39 is 0 Å². The second-order valence-corrected chi connectivity index (χ2v) is 6.16. The summed E-state index contributed by atoms with van der Waals surface area (Å²) in [5, 5.41) is 3.09. The fraction of sp³-hybridized carbons (Fsp3) is 0.389. The smallest absolute Gasteiger partial charge is 0.229 e. The van der Waals surface area contributed by atoms with Crippen LogP contribution < -0.4 is 10.2 Å². The van der Waals surface area contributed by atoms with Gasteiger partial charge >= 0.3 is 0 Å². The Bertz CT molecular complexity index is 687. The molecule has 1 aromatic carbocycles. The number of aryl methyl sites for hydroxylation is 2. The van der Waals surface area contributed by atoms with E-state index >= 15 is 0 Å². The third kappa shape index (κ3) is 3.67. The van der Waals surface area contributed by atoms with E-state index in [1.54, 1.807) is 18.6 Å². The second-order valence-electron chi connectivity index (χ2n) is 6.16. The van der Waals surface area contributed by atoms with Crippen molar-refractivity contribution in [2.75, 3.05) is 23.3 Å². The van der Waals surface area contributed by atoms with Crippen LogP contribution in [-0.4, -0.2) is 29.0 Å². The number of carbonyl (C=O) groups excluding carboxylic acids is 1. The molecule has 0 saturated carbocycles. The molecule has 1 aromatic heterocycles. The van der Waals surface area contributed by atoms with Gasteiger partial charge in [-0.05, 0) is 43.9 Å². The highest BCUT2D eigenvalue weighted by Crippen LogP contribution is 2.23. The zero-order valence-electron chi connectivity index (χ0n) is 13.6. The topological polar surface area (TPSA) is 58.1 Å². The monoisotopic (exact) mass is 310 g/mol. The van der Waals surface area contributed by atoms with E-state index in [0.717, 1.165) is 42.0 Å². The predicted molar refractivity (Wildman–Crippen MR) is 91.5 cm³/mol. The van der Waals surface area contributed by atoms with Gasteiger partial charge in [0.15, 0.2) is 0 Å². The van der Waals surface area contributed by atoms with Gasteiger partial charge in [-0.15, -0.1) is 0 Å². The van der Waals surface area contributed by atoms with Crippen molar-refractivity contribution in [3.8, 4) is 0 Å². The summed E-state index contributed by atoms with van der Waals surface area (Å²) in [4.78, 5) is 23.2. The highest BCUT2D eigenvalue weighted by atomic mass is 16.1. The van der Waals surface area contributed by atoms with Gasteiger partial charge in [0.2, 0.25) is 5.91 Å². The van der Waals surface area contributed by atoms with Crippen LogP contribution in [0.1, 0.15) is 24.0 Å². The summed E-state index contributed by atoms with van der Waals surface area (Å²) in [6.45, 7) is 5.66. The van der Waals surface area contributed by atoms with E-state index in [9.17, 15) is 4.79 Å². The number of amides is 1. The van der Waals surface area contributed by atoms with Gasteiger partial charge in [0.05, 0.1) is 12.1 Å². The molecule has 1 amide bonds. The maximum atomic E-state index is 12.6. The normalized spacial score (nSPS) is 17.8. The number of nitrogens with zero attached hydrogens (tertiary/aromatic N) is 3. The summed E-state index contributed by atoms with van der Waals surface area (Å²) < 4.78 is 0. The molecule has 5 nitrogen and oxygen atoms in total. The van der Waals surface area contributed by atoms with Gasteiger partial charge in [-0.1, -0.05) is 12.1 Å². The van der Waals surface area contributed by atoms with E-state index in [1.165, 1.54) is 0 Å². The van der Waals surface area contributed by atoms with Gasteiger partial charge in [0.25, 0.3) is 0 Å². The highest BCUT2D eigenvalue weighted by molar-refractivity contribution is 5.93. The predicted octanol–water partition coefficient (Wildman–Crippen LogP) is 2.95. The van der Waals surface area contributed by atoms with Gasteiger partial charge in [-0.2, -0.15) is 0 Å². The molecule has 5 heteroatoms. The van der Waals surface area contributed by atoms with Gasteiger partial charge in [0.1, 0.15) is 5.82 Å². The molecule has 0 bridgehead atoms. The Morgan fingerprint density at radius 2 is 2.17 bits per heavy atom. The van der Waals surface area contributed by atoms with E-state index in [4.69, 9.17) is 0 Å². The van der Waals surface area contributed by atoms with Crippen LogP contribution >= 0.6 is 0 Å². The van der Waals surface area contributed by atoms with E-state index in [2.05, 4.69) is 26.3 Å². The van der Waals surface area contributed by atoms with Crippen LogP contribution in [0.4, 0.5) is 11.5 Å². The van der Waals surface area contributed by atoms with Crippen molar-refractivity contribution in [3.63, 3.8) is 0 Å². The van der Waals surface area contributed by atoms with Gasteiger partial charge < -0.3 is 10.2 Å². The molecular formula is C18H22N4O. The Morgan fingerprint density at radius 1 is 1.30 bits per heavy atom. The Kier molecular flexibility index (Phi) is 4.55. The Balaban J connectivity index is 1.69. The minimum atomic E-state index is -0.0225. The molecule has 1 fully saturated rings. The van der Waals surface area contributed by atoms with Crippen molar-refractivity contribution < 1.29 is 4.79 Å². The van der Waals surface area contributed by atoms with Crippen LogP contribution in [-0.2, 0) is 4.79 Å². The zero-order valence-corrected chi connectivity index (χ0v) is 13.6. The molecule has 1 saturated heterocycles. The number of benzene rings is 1. The second kappa shape index (κ2) is 6.77. The summed E-state index contributed by atoms with van der Waals surface area (Å²) in [5.41, 5.74) is 3.15. The van der Waals surface area contributed by atoms with E-state index in [1.807, 2.05) is 26.0 Å². The molecule has 0 radical (unpaired) electrons. The van der Waals surface area contributed by atoms with E-state index in [-0.39, 0.29) is 11.8 Å². The van der Waals surface area contributed by atoms with Crippen LogP contribution in [0, 0.1) is 19.8 Å². The van der Waals surface area contributed by atoms with Crippen molar-refractivity contribution in [1.82, 2.24) is 9.97 Å². The zero-order chi connectivity index (χ0) is 16.2. The lowest BCUT2D eigenvalue weighted by molar-refractivity contribution is -0.120. The lowest BCUT2D eigenvalue weighted by atomic mass is 9.97. The Hall–Kier alpha value is -2.43. The number of hydrogen-bond donors (Lipinski definition) is 1. The minimum Gasteiger partial charge on any atom is -0.355 e. The van der Waals surface area contributed by atoms with Crippen LogP contribution in [0.25, 0.3) is 0 Å². The number of nitrogens with one attached hydrogen (secondary N) is 1. The average Bonchev–Trinajstić information content (AvgIpc) is 2.59. The van der Waals surface area contributed by atoms with Gasteiger partial charge in [-0.3, -0.25) is 9.78 Å². The molecule has 23 heavy (non-hydrogen) atoms. The third-order valence-electron chi connectivity index (χ3n) is 4.32. The Morgan fingerprint density at radius 3 is 2.96 bits per heavy atom. The van der Waals surface area contributed by atoms with Gasteiger partial charge in [-0.25, -0.2) is 4.98 Å². The molecular weight excluding hydrogens is 288 g/mol. The van der Waals surface area contributed by atoms with Crippen LogP contribution in [0.2, 0.25) is 0 Å². The van der Waals surface area contributed by atoms with Gasteiger partial charge in [0, 0.05) is 31.2 Å². The molecule has 1 aliphatic rings. The van der Waals surface area contributed by atoms with Crippen molar-refractivity contribution >= 4 is 17.4 Å². The maximum absolute atomic E-state index is 12.6. The summed E-state index contributed by atoms with van der Waals surface area (Å²) in [6.07, 6.45) is 7.01. The third-order valence-corrected chi connectivity index (χ3v) is 4.32. The van der Waals surface area contributed by atoms with Crippen molar-refractivity contribution in [1.29, 1.82) is 0 Å². The molecule has 1 atom stereocenters. The SMILES string of the molecule is Cc1ccc(C)c(NC(=O)[C@H]2CCCN(c3cnccn3)C2)c1. The summed E-state index contributed by atoms with van der Waals surface area (Å²) >= 11 is 0. The molecule has 3 rings (SSSR count). The standard InChI is InChI=1S/C18H22N4O/c1-13-5-6-14(2)16(10-13)21-18(23)15-4-3-9-22(12-15)17-11-19-7-8-20-17/h5-8,10-11,15H,3-4,9,12H2,1-2H3,(H,21,23)/t15-/m0/s1. The molecule has 0 unspecified atom stereocenters. The van der Waals surface area contributed by atoms with E-state index in [0.29, 0.717) is 6.54 Å². The first-order valence-electron chi connectivity index (χ1n) is 8.02. The molecule has 1 N–H and O–H groups in total. The van der Waals surface area contributed by atoms with Crippen LogP contribution in [0.15, 0.2) is 36.8 Å². The number of piperidine rings is 1. The average molecular weight is 310 g/mol. The number of carbonyl (C=O) groups is 1. The molecule has 2 aromatic rings. The number of hydrogen-bond acceptors (Lipinski definition) is 4. The largest absolute Gasteiger partial charge is 0.355 e. The van der Waals surface area contributed by atoms with Crippen LogP contribution in [0.3, 0.4) is 0 Å². The molecule has 2 heterocycles. The first-order chi connectivity index (χ1) is 11.1. The lowest BCUT2D eigenvalue weighted by Crippen LogP contribution is -2.41. The minimum absolute atomic E-state index is 0.0225. The maximum Gasteiger partial charge on any atom is 0.229 e. The molecule has 1 aliphatic heterocycles. The van der Waals surface area contributed by atoms with Crippen molar-refractivity contribution in [3.05, 3.63) is 47.9 Å². The number of rotatable bonds is 3. The summed E-state index contributed by atoms with van der Waals surface area (Å²) in [6, 6.07) is 6.12. The van der Waals surface area contributed by atoms with Crippen LogP contribution in [0.5, 0.6) is 0 Å². The number of aromatic nitrogens is 2. The fourth-order valence-electron chi connectivity index (χ4n) is 2.96. The van der Waals surface area contributed by atoms with Crippen molar-refractivity contribution in [2.45, 2.75) is 26.7 Å². The molecule has 120 valence electrons. The molecule has 0 spiro atoms. The summed E-state index contributed by atoms with van der Waals surface area (Å²) in [7, 11) is 0. The first kappa shape index (κ1) is 15.5. The quantitative estimate of drug-likeness (QED) is 0.947. The van der Waals surface area contributed by atoms with Crippen molar-refractivity contribution in [2.24, 2.45) is 5.92 Å².